The number of para-hydroxylation sites is 1. The molecule has 44 heavy (non-hydrogen) atoms. The summed E-state index contributed by atoms with van der Waals surface area (Å²) in [5.41, 5.74) is 3.01. The number of aliphatic carboxylic acids is 1. The number of halogens is 1. The van der Waals surface area contributed by atoms with Crippen molar-refractivity contribution in [1.29, 1.82) is 0 Å². The van der Waals surface area contributed by atoms with Crippen LogP contribution in [0.25, 0.3) is 10.2 Å². The third-order valence-electron chi connectivity index (χ3n) is 6.54. The first-order valence-corrected chi connectivity index (χ1v) is 17.3. The highest BCUT2D eigenvalue weighted by Crippen LogP contribution is 2.31. The summed E-state index contributed by atoms with van der Waals surface area (Å²) in [6.07, 6.45) is -0.713. The quantitative estimate of drug-likeness (QED) is 0.103. The van der Waals surface area contributed by atoms with E-state index in [0.717, 1.165) is 25.7 Å². The minimum absolute atomic E-state index is 0.0259. The highest BCUT2D eigenvalue weighted by atomic mass is 35.5. The Morgan fingerprint density at radius 1 is 0.955 bits per heavy atom. The van der Waals surface area contributed by atoms with Gasteiger partial charge in [0.05, 0.1) is 20.9 Å². The second-order valence-corrected chi connectivity index (χ2v) is 14.6. The second kappa shape index (κ2) is 14.3. The minimum Gasteiger partial charge on any atom is -0.477 e. The minimum atomic E-state index is -3.43. The van der Waals surface area contributed by atoms with Crippen LogP contribution in [0.4, 0.5) is 0 Å². The lowest BCUT2D eigenvalue weighted by molar-refractivity contribution is -0.146. The van der Waals surface area contributed by atoms with E-state index in [9.17, 15) is 23.1 Å². The van der Waals surface area contributed by atoms with Gasteiger partial charge in [0.1, 0.15) is 5.75 Å². The number of carbonyl (C=O) groups is 2. The molecule has 0 saturated carbocycles. The van der Waals surface area contributed by atoms with Gasteiger partial charge in [-0.15, -0.1) is 11.3 Å². The largest absolute Gasteiger partial charge is 0.477 e. The van der Waals surface area contributed by atoms with Crippen LogP contribution in [0.5, 0.6) is 5.75 Å². The number of nitrogens with one attached hydrogen (secondary N) is 1. The maximum absolute atomic E-state index is 12.9. The van der Waals surface area contributed by atoms with Crippen LogP contribution in [-0.2, 0) is 26.8 Å². The van der Waals surface area contributed by atoms with E-state index in [4.69, 9.17) is 16.3 Å². The number of rotatable bonds is 13. The van der Waals surface area contributed by atoms with E-state index in [1.54, 1.807) is 77.7 Å². The molecule has 5 rings (SSSR count). The van der Waals surface area contributed by atoms with E-state index >= 15 is 0 Å². The number of aryl methyl sites for hydroxylation is 1. The topological polar surface area (TPSA) is 123 Å². The van der Waals surface area contributed by atoms with Gasteiger partial charge < -0.3 is 15.2 Å². The first-order valence-electron chi connectivity index (χ1n) is 13.5. The molecule has 226 valence electrons. The van der Waals surface area contributed by atoms with E-state index in [2.05, 4.69) is 10.3 Å². The molecule has 0 saturated heterocycles. The number of carboxylic acid groups (broad SMARTS) is 1. The molecular formula is C32H27ClN2O6S3. The van der Waals surface area contributed by atoms with Crippen LogP contribution in [0.3, 0.4) is 0 Å². The van der Waals surface area contributed by atoms with E-state index in [-0.39, 0.29) is 16.4 Å². The summed E-state index contributed by atoms with van der Waals surface area (Å²) < 4.78 is 32.7. The number of carbonyl (C=O) groups excluding carboxylic acids is 1. The standard InChI is InChI=1S/C32H27ClN2O6S3/c33-24-12-16-26(17-13-24)44(39,40)18-4-6-21-10-14-25(15-11-21)41-30(31(37)38)35-29(36)23-7-3-5-22(19-23)20-42-32-34-27-8-1-2-9-28(27)43-32/h1-3,5,7-17,19,30H,4,6,18,20H2,(H,35,36)(H,37,38). The van der Waals surface area contributed by atoms with E-state index < -0.39 is 27.9 Å². The summed E-state index contributed by atoms with van der Waals surface area (Å²) >= 11 is 9.02. The lowest BCUT2D eigenvalue weighted by Gasteiger charge is -2.17. The Bertz CT molecular complexity index is 1840. The van der Waals surface area contributed by atoms with Crippen LogP contribution in [0.15, 0.2) is 106 Å². The Morgan fingerprint density at radius 2 is 1.70 bits per heavy atom. The summed E-state index contributed by atoms with van der Waals surface area (Å²) in [5, 5.41) is 12.6. The van der Waals surface area contributed by atoms with Crippen LogP contribution >= 0.6 is 34.7 Å². The van der Waals surface area contributed by atoms with Crippen LogP contribution < -0.4 is 10.1 Å². The van der Waals surface area contributed by atoms with Crippen LogP contribution in [0.1, 0.15) is 27.9 Å². The van der Waals surface area contributed by atoms with E-state index in [1.807, 2.05) is 30.3 Å². The van der Waals surface area contributed by atoms with Crippen LogP contribution in [0, 0.1) is 0 Å². The van der Waals surface area contributed by atoms with Gasteiger partial charge in [-0.2, -0.15) is 0 Å². The van der Waals surface area contributed by atoms with Gasteiger partial charge in [-0.3, -0.25) is 4.79 Å². The van der Waals surface area contributed by atoms with Crippen molar-refractivity contribution >= 4 is 66.6 Å². The zero-order chi connectivity index (χ0) is 31.1. The molecule has 1 aromatic heterocycles. The van der Waals surface area contributed by atoms with Gasteiger partial charge in [0.2, 0.25) is 0 Å². The normalized spacial score (nSPS) is 12.1. The molecule has 4 aromatic carbocycles. The molecule has 5 aromatic rings. The highest BCUT2D eigenvalue weighted by molar-refractivity contribution is 8.00. The molecule has 0 aliphatic rings. The molecule has 2 N–H and O–H groups in total. The van der Waals surface area contributed by atoms with Crippen LogP contribution in [0.2, 0.25) is 5.02 Å². The van der Waals surface area contributed by atoms with Gasteiger partial charge in [0, 0.05) is 16.3 Å². The SMILES string of the molecule is O=C(NC(Oc1ccc(CCCS(=O)(=O)c2ccc(Cl)cc2)cc1)C(=O)O)c1cccc(CSc2nc3ccccc3s2)c1. The molecule has 1 unspecified atom stereocenters. The van der Waals surface area contributed by atoms with E-state index in [0.29, 0.717) is 29.2 Å². The zero-order valence-electron chi connectivity index (χ0n) is 23.2. The molecule has 1 amide bonds. The molecule has 0 radical (unpaired) electrons. The third-order valence-corrected chi connectivity index (χ3v) is 10.9. The molecule has 1 heterocycles. The smallest absolute Gasteiger partial charge is 0.366 e. The van der Waals surface area contributed by atoms with Crippen molar-refractivity contribution in [1.82, 2.24) is 10.3 Å². The molecule has 0 aliphatic carbocycles. The summed E-state index contributed by atoms with van der Waals surface area (Å²) in [4.78, 5) is 29.7. The van der Waals surface area contributed by atoms with Crippen molar-refractivity contribution < 1.29 is 27.9 Å². The average Bonchev–Trinajstić information content (AvgIpc) is 3.44. The van der Waals surface area contributed by atoms with Crippen molar-refractivity contribution in [3.63, 3.8) is 0 Å². The van der Waals surface area contributed by atoms with Crippen molar-refractivity contribution in [3.8, 4) is 5.75 Å². The Hall–Kier alpha value is -3.90. The monoisotopic (exact) mass is 666 g/mol. The fourth-order valence-corrected chi connectivity index (χ4v) is 7.75. The molecule has 0 spiro atoms. The summed E-state index contributed by atoms with van der Waals surface area (Å²) in [7, 11) is -3.43. The second-order valence-electron chi connectivity index (χ2n) is 9.77. The Morgan fingerprint density at radius 3 is 2.43 bits per heavy atom. The predicted molar refractivity (Wildman–Crippen MR) is 173 cm³/mol. The molecule has 12 heteroatoms. The molecule has 8 nitrogen and oxygen atoms in total. The number of aromatic nitrogens is 1. The van der Waals surface area contributed by atoms with E-state index in [1.165, 1.54) is 12.1 Å². The fraction of sp³-hybridized carbons (Fsp3) is 0.156. The van der Waals surface area contributed by atoms with Crippen molar-refractivity contribution in [2.45, 2.75) is 34.1 Å². The Labute approximate surface area is 268 Å². The molecule has 0 aliphatic heterocycles. The number of carboxylic acids is 1. The highest BCUT2D eigenvalue weighted by Gasteiger charge is 2.23. The zero-order valence-corrected chi connectivity index (χ0v) is 26.4. The summed E-state index contributed by atoms with van der Waals surface area (Å²) in [6.45, 7) is 0. The number of hydrogen-bond donors (Lipinski definition) is 2. The van der Waals surface area contributed by atoms with Crippen molar-refractivity contribution in [3.05, 3.63) is 119 Å². The number of thiazole rings is 1. The molecule has 1 atom stereocenters. The number of benzene rings is 4. The molecule has 0 bridgehead atoms. The first kappa shape index (κ1) is 31.5. The van der Waals surface area contributed by atoms with Gasteiger partial charge >= 0.3 is 5.97 Å². The predicted octanol–water partition coefficient (Wildman–Crippen LogP) is 6.87. The summed E-state index contributed by atoms with van der Waals surface area (Å²) in [6, 6.07) is 27.6. The van der Waals surface area contributed by atoms with Gasteiger partial charge in [-0.05, 0) is 84.6 Å². The number of fused-ring (bicyclic) bond motifs is 1. The number of ether oxygens (including phenoxy) is 1. The van der Waals surface area contributed by atoms with Gasteiger partial charge in [0.15, 0.2) is 14.2 Å². The number of hydrogen-bond acceptors (Lipinski definition) is 8. The Balaban J connectivity index is 1.14. The summed E-state index contributed by atoms with van der Waals surface area (Å²) in [5.74, 6) is -1.11. The first-order chi connectivity index (χ1) is 21.2. The number of amides is 1. The van der Waals surface area contributed by atoms with Crippen molar-refractivity contribution in [2.75, 3.05) is 5.75 Å². The Kier molecular flexibility index (Phi) is 10.2. The van der Waals surface area contributed by atoms with Crippen molar-refractivity contribution in [2.24, 2.45) is 0 Å². The van der Waals surface area contributed by atoms with Crippen LogP contribution in [-0.4, -0.2) is 42.4 Å². The molecular weight excluding hydrogens is 640 g/mol. The van der Waals surface area contributed by atoms with Gasteiger partial charge in [0.25, 0.3) is 12.1 Å². The number of thioether (sulfide) groups is 1. The molecule has 0 fully saturated rings. The maximum atomic E-state index is 12.9. The number of nitrogens with zero attached hydrogens (tertiary/aromatic N) is 1. The van der Waals surface area contributed by atoms with Gasteiger partial charge in [-0.25, -0.2) is 18.2 Å². The lowest BCUT2D eigenvalue weighted by Crippen LogP contribution is -2.45. The third kappa shape index (κ3) is 8.38. The lowest BCUT2D eigenvalue weighted by atomic mass is 10.1. The van der Waals surface area contributed by atoms with Gasteiger partial charge in [-0.1, -0.05) is 59.8 Å². The maximum Gasteiger partial charge on any atom is 0.366 e. The number of sulfone groups is 1. The average molecular weight is 667 g/mol. The fourth-order valence-electron chi connectivity index (χ4n) is 4.30.